The van der Waals surface area contributed by atoms with Crippen molar-refractivity contribution in [1.29, 1.82) is 5.26 Å². The molecule has 0 unspecified atom stereocenters. The fraction of sp³-hybridized carbons (Fsp3) is 0.0714. The molecule has 0 aliphatic heterocycles. The first-order valence-electron chi connectivity index (χ1n) is 5.93. The van der Waals surface area contributed by atoms with E-state index in [2.05, 4.69) is 4.72 Å². The van der Waals surface area contributed by atoms with Gasteiger partial charge in [-0.05, 0) is 42.7 Å². The number of anilines is 2. The highest BCUT2D eigenvalue weighted by atomic mass is 32.2. The van der Waals surface area contributed by atoms with Crippen molar-refractivity contribution in [2.75, 3.05) is 16.7 Å². The van der Waals surface area contributed by atoms with E-state index in [9.17, 15) is 8.42 Å². The molecule has 2 aromatic carbocycles. The lowest BCUT2D eigenvalue weighted by Crippen LogP contribution is -2.14. The summed E-state index contributed by atoms with van der Waals surface area (Å²) in [6, 6.07) is 13.0. The Kier molecular flexibility index (Phi) is 4.40. The van der Waals surface area contributed by atoms with Crippen LogP contribution in [-0.2, 0) is 10.0 Å². The van der Waals surface area contributed by atoms with Gasteiger partial charge in [0, 0.05) is 16.3 Å². The molecular weight excluding hydrogens is 306 g/mol. The van der Waals surface area contributed by atoms with E-state index >= 15 is 0 Å². The Labute approximate surface area is 127 Å². The monoisotopic (exact) mass is 319 g/mol. The van der Waals surface area contributed by atoms with Gasteiger partial charge in [-0.1, -0.05) is 6.07 Å². The molecular formula is C14H13N3O2S2. The number of nitrogens with zero attached hydrogens (tertiary/aromatic N) is 1. The smallest absolute Gasteiger partial charge is 0.263 e. The number of nitrogens with two attached hydrogens (primary N) is 1. The molecule has 0 atom stereocenters. The Bertz CT molecular complexity index is 811. The van der Waals surface area contributed by atoms with E-state index in [1.165, 1.54) is 30.0 Å². The molecule has 0 aliphatic carbocycles. The number of nitriles is 1. The van der Waals surface area contributed by atoms with E-state index < -0.39 is 10.0 Å². The SMILES string of the molecule is CSc1cccc(NS(=O)(=O)c2ccc(N)cc2C#N)c1. The minimum Gasteiger partial charge on any atom is -0.399 e. The molecule has 0 bridgehead atoms. The van der Waals surface area contributed by atoms with Crippen LogP contribution in [0.4, 0.5) is 11.4 Å². The summed E-state index contributed by atoms with van der Waals surface area (Å²) < 4.78 is 27.2. The molecule has 0 saturated carbocycles. The minimum absolute atomic E-state index is 0.0171. The summed E-state index contributed by atoms with van der Waals surface area (Å²) in [6.07, 6.45) is 1.90. The highest BCUT2D eigenvalue weighted by Crippen LogP contribution is 2.24. The number of nitrogen functional groups attached to an aromatic ring is 1. The van der Waals surface area contributed by atoms with Crippen LogP contribution in [0, 0.1) is 11.3 Å². The molecule has 108 valence electrons. The van der Waals surface area contributed by atoms with E-state index in [0.29, 0.717) is 11.4 Å². The Hall–Kier alpha value is -2.17. The van der Waals surface area contributed by atoms with Crippen molar-refractivity contribution in [3.8, 4) is 6.07 Å². The second kappa shape index (κ2) is 6.08. The zero-order chi connectivity index (χ0) is 15.5. The van der Waals surface area contributed by atoms with E-state index in [0.717, 1.165) is 4.90 Å². The fourth-order valence-corrected chi connectivity index (χ4v) is 3.41. The standard InChI is InChI=1S/C14H13N3O2S2/c1-20-13-4-2-3-12(8-13)17-21(18,19)14-6-5-11(16)7-10(14)9-15/h2-8,17H,16H2,1H3. The van der Waals surface area contributed by atoms with Crippen LogP contribution in [-0.4, -0.2) is 14.7 Å². The van der Waals surface area contributed by atoms with Crippen molar-refractivity contribution in [3.05, 3.63) is 48.0 Å². The molecule has 0 fully saturated rings. The average molecular weight is 319 g/mol. The normalized spacial score (nSPS) is 10.9. The van der Waals surface area contributed by atoms with Crippen LogP contribution in [0.1, 0.15) is 5.56 Å². The number of rotatable bonds is 4. The number of sulfonamides is 1. The Morgan fingerprint density at radius 2 is 2.00 bits per heavy atom. The molecule has 0 aromatic heterocycles. The van der Waals surface area contributed by atoms with E-state index in [-0.39, 0.29) is 10.5 Å². The maximum Gasteiger partial charge on any atom is 0.263 e. The lowest BCUT2D eigenvalue weighted by atomic mass is 10.2. The molecule has 3 N–H and O–H groups in total. The van der Waals surface area contributed by atoms with Crippen LogP contribution in [0.15, 0.2) is 52.3 Å². The van der Waals surface area contributed by atoms with Crippen molar-refractivity contribution < 1.29 is 8.42 Å². The van der Waals surface area contributed by atoms with Gasteiger partial charge >= 0.3 is 0 Å². The lowest BCUT2D eigenvalue weighted by molar-refractivity contribution is 0.601. The van der Waals surface area contributed by atoms with Crippen molar-refractivity contribution in [3.63, 3.8) is 0 Å². The van der Waals surface area contributed by atoms with Crippen LogP contribution < -0.4 is 10.5 Å². The van der Waals surface area contributed by atoms with Crippen molar-refractivity contribution in [2.24, 2.45) is 0 Å². The topological polar surface area (TPSA) is 96.0 Å². The maximum atomic E-state index is 12.4. The van der Waals surface area contributed by atoms with Crippen LogP contribution in [0.2, 0.25) is 0 Å². The number of thioether (sulfide) groups is 1. The largest absolute Gasteiger partial charge is 0.399 e. The van der Waals surface area contributed by atoms with Crippen molar-refractivity contribution in [1.82, 2.24) is 0 Å². The second-order valence-corrected chi connectivity index (χ2v) is 6.74. The van der Waals surface area contributed by atoms with E-state index in [1.54, 1.807) is 18.2 Å². The van der Waals surface area contributed by atoms with Gasteiger partial charge in [0.05, 0.1) is 5.56 Å². The predicted molar refractivity (Wildman–Crippen MR) is 84.6 cm³/mol. The third-order valence-corrected chi connectivity index (χ3v) is 4.90. The molecule has 2 aromatic rings. The summed E-state index contributed by atoms with van der Waals surface area (Å²) in [6.45, 7) is 0. The number of nitrogens with one attached hydrogen (secondary N) is 1. The summed E-state index contributed by atoms with van der Waals surface area (Å²) in [7, 11) is -3.84. The van der Waals surface area contributed by atoms with E-state index in [1.807, 2.05) is 18.4 Å². The Balaban J connectivity index is 2.41. The minimum atomic E-state index is -3.84. The van der Waals surface area contributed by atoms with Crippen LogP contribution in [0.5, 0.6) is 0 Å². The number of hydrogen-bond donors (Lipinski definition) is 2. The third-order valence-electron chi connectivity index (χ3n) is 2.74. The summed E-state index contributed by atoms with van der Waals surface area (Å²) in [5.41, 5.74) is 6.37. The van der Waals surface area contributed by atoms with Gasteiger partial charge in [-0.15, -0.1) is 11.8 Å². The van der Waals surface area contributed by atoms with Gasteiger partial charge in [0.15, 0.2) is 0 Å². The lowest BCUT2D eigenvalue weighted by Gasteiger charge is -2.10. The molecule has 2 rings (SSSR count). The maximum absolute atomic E-state index is 12.4. The van der Waals surface area contributed by atoms with Gasteiger partial charge < -0.3 is 5.73 Å². The number of benzene rings is 2. The zero-order valence-electron chi connectivity index (χ0n) is 11.2. The zero-order valence-corrected chi connectivity index (χ0v) is 12.8. The summed E-state index contributed by atoms with van der Waals surface area (Å²) in [5.74, 6) is 0. The summed E-state index contributed by atoms with van der Waals surface area (Å²) >= 11 is 1.51. The molecule has 5 nitrogen and oxygen atoms in total. The van der Waals surface area contributed by atoms with Gasteiger partial charge in [-0.2, -0.15) is 5.26 Å². The van der Waals surface area contributed by atoms with Gasteiger partial charge in [0.25, 0.3) is 10.0 Å². The number of hydrogen-bond acceptors (Lipinski definition) is 5. The molecule has 0 aliphatic rings. The van der Waals surface area contributed by atoms with E-state index in [4.69, 9.17) is 11.0 Å². The molecule has 0 radical (unpaired) electrons. The highest BCUT2D eigenvalue weighted by Gasteiger charge is 2.19. The first-order valence-corrected chi connectivity index (χ1v) is 8.63. The van der Waals surface area contributed by atoms with Crippen LogP contribution in [0.25, 0.3) is 0 Å². The molecule has 21 heavy (non-hydrogen) atoms. The first-order chi connectivity index (χ1) is 9.96. The van der Waals surface area contributed by atoms with Gasteiger partial charge in [-0.3, -0.25) is 4.72 Å². The summed E-state index contributed by atoms with van der Waals surface area (Å²) in [4.78, 5) is 0.849. The van der Waals surface area contributed by atoms with Gasteiger partial charge in [0.2, 0.25) is 0 Å². The molecule has 0 amide bonds. The third kappa shape index (κ3) is 3.48. The molecule has 0 heterocycles. The Morgan fingerprint density at radius 1 is 1.24 bits per heavy atom. The van der Waals surface area contributed by atoms with Gasteiger partial charge in [0.1, 0.15) is 11.0 Å². The average Bonchev–Trinajstić information content (AvgIpc) is 2.46. The van der Waals surface area contributed by atoms with Crippen LogP contribution >= 0.6 is 11.8 Å². The molecule has 7 heteroatoms. The van der Waals surface area contributed by atoms with Gasteiger partial charge in [-0.25, -0.2) is 8.42 Å². The quantitative estimate of drug-likeness (QED) is 0.667. The van der Waals surface area contributed by atoms with Crippen LogP contribution in [0.3, 0.4) is 0 Å². The summed E-state index contributed by atoms with van der Waals surface area (Å²) in [5, 5.41) is 9.05. The molecule has 0 spiro atoms. The predicted octanol–water partition coefficient (Wildman–Crippen LogP) is 2.66. The van der Waals surface area contributed by atoms with Crippen molar-refractivity contribution in [2.45, 2.75) is 9.79 Å². The highest BCUT2D eigenvalue weighted by molar-refractivity contribution is 7.98. The first kappa shape index (κ1) is 15.2. The second-order valence-electron chi connectivity index (χ2n) is 4.20. The van der Waals surface area contributed by atoms with Crippen molar-refractivity contribution >= 4 is 33.2 Å². The fourth-order valence-electron chi connectivity index (χ4n) is 1.77. The Morgan fingerprint density at radius 3 is 2.67 bits per heavy atom. The molecule has 0 saturated heterocycles.